The van der Waals surface area contributed by atoms with Crippen LogP contribution < -0.4 is 10.6 Å². The molecule has 5 rings (SSSR count). The SMILES string of the molecule is Cc1nc(C(=O)C(NC(=O)c2cccc3occc23)[C@H]2CCN2)c(-c2ccc(F)cc2)s1. The molecule has 0 spiro atoms. The smallest absolute Gasteiger partial charge is 0.252 e. The third-order valence-corrected chi connectivity index (χ3v) is 6.67. The Morgan fingerprint density at radius 2 is 2.00 bits per heavy atom. The van der Waals surface area contributed by atoms with E-state index in [9.17, 15) is 14.0 Å². The highest BCUT2D eigenvalue weighted by atomic mass is 32.1. The van der Waals surface area contributed by atoms with Gasteiger partial charge in [-0.1, -0.05) is 18.2 Å². The van der Waals surface area contributed by atoms with Gasteiger partial charge in [-0.15, -0.1) is 11.3 Å². The van der Waals surface area contributed by atoms with Gasteiger partial charge in [-0.2, -0.15) is 0 Å². The van der Waals surface area contributed by atoms with Crippen molar-refractivity contribution in [1.82, 2.24) is 15.6 Å². The van der Waals surface area contributed by atoms with E-state index < -0.39 is 6.04 Å². The number of hydrogen-bond donors (Lipinski definition) is 2. The number of aryl methyl sites for hydroxylation is 1. The number of hydrogen-bond acceptors (Lipinski definition) is 6. The molecule has 2 N–H and O–H groups in total. The lowest BCUT2D eigenvalue weighted by Gasteiger charge is -2.34. The summed E-state index contributed by atoms with van der Waals surface area (Å²) in [5.74, 6) is -0.960. The van der Waals surface area contributed by atoms with E-state index in [2.05, 4.69) is 15.6 Å². The highest BCUT2D eigenvalue weighted by molar-refractivity contribution is 7.15. The fourth-order valence-corrected chi connectivity index (χ4v) is 4.82. The number of nitrogens with one attached hydrogen (secondary N) is 2. The van der Waals surface area contributed by atoms with Crippen LogP contribution in [0.3, 0.4) is 0 Å². The van der Waals surface area contributed by atoms with Gasteiger partial charge < -0.3 is 15.1 Å². The van der Waals surface area contributed by atoms with Crippen molar-refractivity contribution in [2.75, 3.05) is 6.54 Å². The first-order valence-corrected chi connectivity index (χ1v) is 11.1. The Balaban J connectivity index is 1.48. The Bertz CT molecular complexity index is 1310. The van der Waals surface area contributed by atoms with Crippen LogP contribution in [0.1, 0.15) is 32.3 Å². The first-order valence-electron chi connectivity index (χ1n) is 10.3. The van der Waals surface area contributed by atoms with E-state index in [0.29, 0.717) is 27.1 Å². The monoisotopic (exact) mass is 449 g/mol. The van der Waals surface area contributed by atoms with E-state index in [1.807, 2.05) is 6.92 Å². The van der Waals surface area contributed by atoms with E-state index in [-0.39, 0.29) is 23.5 Å². The number of carbonyl (C=O) groups is 2. The lowest BCUT2D eigenvalue weighted by molar-refractivity contribution is 0.0810. The van der Waals surface area contributed by atoms with Gasteiger partial charge in [0.2, 0.25) is 5.78 Å². The highest BCUT2D eigenvalue weighted by Crippen LogP contribution is 2.32. The summed E-state index contributed by atoms with van der Waals surface area (Å²) >= 11 is 1.37. The Kier molecular flexibility index (Phi) is 5.32. The number of carbonyl (C=O) groups excluding carboxylic acids is 2. The number of aromatic nitrogens is 1. The number of rotatable bonds is 6. The van der Waals surface area contributed by atoms with Gasteiger partial charge in [0.15, 0.2) is 0 Å². The second-order valence-corrected chi connectivity index (χ2v) is 8.92. The molecular weight excluding hydrogens is 429 g/mol. The van der Waals surface area contributed by atoms with Gasteiger partial charge in [-0.3, -0.25) is 9.59 Å². The van der Waals surface area contributed by atoms with Crippen LogP contribution in [-0.2, 0) is 0 Å². The third-order valence-electron chi connectivity index (χ3n) is 5.65. The molecule has 1 aliphatic heterocycles. The third kappa shape index (κ3) is 3.72. The number of halogens is 1. The summed E-state index contributed by atoms with van der Waals surface area (Å²) in [6.07, 6.45) is 2.30. The van der Waals surface area contributed by atoms with Crippen LogP contribution in [0.4, 0.5) is 4.39 Å². The van der Waals surface area contributed by atoms with Gasteiger partial charge in [0.25, 0.3) is 5.91 Å². The molecular formula is C24H20FN3O3S. The van der Waals surface area contributed by atoms with Crippen molar-refractivity contribution in [3.63, 3.8) is 0 Å². The van der Waals surface area contributed by atoms with Crippen molar-refractivity contribution in [2.45, 2.75) is 25.4 Å². The number of Topliss-reactive ketones (excluding diaryl/α,β-unsaturated/α-hetero) is 1. The van der Waals surface area contributed by atoms with Gasteiger partial charge >= 0.3 is 0 Å². The molecule has 1 amide bonds. The fourth-order valence-electron chi connectivity index (χ4n) is 3.89. The van der Waals surface area contributed by atoms with Crippen LogP contribution in [0.25, 0.3) is 21.4 Å². The van der Waals surface area contributed by atoms with Crippen molar-refractivity contribution in [2.24, 2.45) is 0 Å². The number of ketones is 1. The summed E-state index contributed by atoms with van der Waals surface area (Å²) in [5, 5.41) is 7.57. The van der Waals surface area contributed by atoms with E-state index in [1.165, 1.54) is 29.7 Å². The fraction of sp³-hybridized carbons (Fsp3) is 0.208. The van der Waals surface area contributed by atoms with Crippen molar-refractivity contribution >= 4 is 34.0 Å². The van der Waals surface area contributed by atoms with Crippen LogP contribution in [0.2, 0.25) is 0 Å². The van der Waals surface area contributed by atoms with Crippen LogP contribution in [0.5, 0.6) is 0 Å². The van der Waals surface area contributed by atoms with E-state index in [4.69, 9.17) is 4.42 Å². The Morgan fingerprint density at radius 1 is 1.22 bits per heavy atom. The molecule has 1 fully saturated rings. The second-order valence-electron chi connectivity index (χ2n) is 7.72. The maximum atomic E-state index is 13.6. The number of amides is 1. The number of furan rings is 1. The molecule has 6 nitrogen and oxygen atoms in total. The van der Waals surface area contributed by atoms with Crippen LogP contribution >= 0.6 is 11.3 Å². The molecule has 0 radical (unpaired) electrons. The molecule has 2 aromatic heterocycles. The molecule has 1 saturated heterocycles. The molecule has 8 heteroatoms. The molecule has 1 aliphatic rings. The summed E-state index contributed by atoms with van der Waals surface area (Å²) in [6, 6.07) is 12.0. The van der Waals surface area contributed by atoms with Crippen molar-refractivity contribution < 1.29 is 18.4 Å². The minimum atomic E-state index is -0.779. The first kappa shape index (κ1) is 20.5. The standard InChI is InChI=1S/C24H20FN3O3S/c1-13-27-21(23(32-13)14-5-7-15(25)8-6-14)22(29)20(18-9-11-26-18)28-24(30)17-3-2-4-19-16(17)10-12-31-19/h2-8,10,12,18,20,26H,9,11H2,1H3,(H,28,30)/t18-,20?/m1/s1. The number of fused-ring (bicyclic) bond motifs is 1. The minimum absolute atomic E-state index is 0.182. The van der Waals surface area contributed by atoms with Crippen LogP contribution in [0, 0.1) is 12.7 Å². The number of benzene rings is 2. The van der Waals surface area contributed by atoms with Crippen molar-refractivity contribution in [3.05, 3.63) is 76.9 Å². The zero-order valence-corrected chi connectivity index (χ0v) is 18.0. The lowest BCUT2D eigenvalue weighted by Crippen LogP contribution is -2.60. The Morgan fingerprint density at radius 3 is 2.72 bits per heavy atom. The molecule has 3 heterocycles. The average Bonchev–Trinajstić information content (AvgIpc) is 3.38. The van der Waals surface area contributed by atoms with Crippen molar-refractivity contribution in [1.29, 1.82) is 0 Å². The molecule has 32 heavy (non-hydrogen) atoms. The first-order chi connectivity index (χ1) is 15.5. The zero-order chi connectivity index (χ0) is 22.2. The molecule has 0 saturated carbocycles. The summed E-state index contributed by atoms with van der Waals surface area (Å²) in [4.78, 5) is 31.9. The molecule has 0 aliphatic carbocycles. The Labute approximate surface area is 187 Å². The zero-order valence-electron chi connectivity index (χ0n) is 17.2. The largest absolute Gasteiger partial charge is 0.464 e. The van der Waals surface area contributed by atoms with Gasteiger partial charge in [-0.25, -0.2) is 9.37 Å². The quantitative estimate of drug-likeness (QED) is 0.428. The number of nitrogens with zero attached hydrogens (tertiary/aromatic N) is 1. The number of thiazole rings is 1. The predicted octanol–water partition coefficient (Wildman–Crippen LogP) is 4.35. The molecule has 1 unspecified atom stereocenters. The highest BCUT2D eigenvalue weighted by Gasteiger charge is 2.37. The Hall–Kier alpha value is -3.36. The van der Waals surface area contributed by atoms with Gasteiger partial charge in [-0.05, 0) is 55.8 Å². The van der Waals surface area contributed by atoms with Crippen LogP contribution in [0.15, 0.2) is 59.2 Å². The summed E-state index contributed by atoms with van der Waals surface area (Å²) in [5.41, 5.74) is 2.06. The topological polar surface area (TPSA) is 84.2 Å². The average molecular weight is 450 g/mol. The van der Waals surface area contributed by atoms with Gasteiger partial charge in [0.1, 0.15) is 23.1 Å². The molecule has 0 bridgehead atoms. The molecule has 2 aromatic carbocycles. The van der Waals surface area contributed by atoms with Gasteiger partial charge in [0.05, 0.1) is 21.7 Å². The summed E-state index contributed by atoms with van der Waals surface area (Å²) in [6.45, 7) is 2.60. The van der Waals surface area contributed by atoms with E-state index in [1.54, 1.807) is 36.4 Å². The summed E-state index contributed by atoms with van der Waals surface area (Å²) < 4.78 is 18.8. The summed E-state index contributed by atoms with van der Waals surface area (Å²) in [7, 11) is 0. The lowest BCUT2D eigenvalue weighted by atomic mass is 9.92. The van der Waals surface area contributed by atoms with Gasteiger partial charge in [0, 0.05) is 11.4 Å². The maximum Gasteiger partial charge on any atom is 0.252 e. The normalized spacial score (nSPS) is 16.5. The van der Waals surface area contributed by atoms with Crippen LogP contribution in [-0.4, -0.2) is 35.3 Å². The molecule has 162 valence electrons. The molecule has 4 aromatic rings. The molecule has 2 atom stereocenters. The van der Waals surface area contributed by atoms with E-state index >= 15 is 0 Å². The maximum absolute atomic E-state index is 13.6. The van der Waals surface area contributed by atoms with Crippen molar-refractivity contribution in [3.8, 4) is 10.4 Å². The second kappa shape index (κ2) is 8.29. The minimum Gasteiger partial charge on any atom is -0.464 e. The van der Waals surface area contributed by atoms with E-state index in [0.717, 1.165) is 23.5 Å². The predicted molar refractivity (Wildman–Crippen MR) is 120 cm³/mol.